The highest BCUT2D eigenvalue weighted by molar-refractivity contribution is 5.35. The second-order valence-corrected chi connectivity index (χ2v) is 2.45. The smallest absolute Gasteiger partial charge is 0.121 e. The van der Waals surface area contributed by atoms with Gasteiger partial charge in [-0.15, -0.1) is 6.58 Å². The quantitative estimate of drug-likeness (QED) is 0.694. The van der Waals surface area contributed by atoms with E-state index >= 15 is 0 Å². The van der Waals surface area contributed by atoms with E-state index in [-0.39, 0.29) is 11.9 Å². The molecule has 0 aliphatic carbocycles. The van der Waals surface area contributed by atoms with E-state index in [9.17, 15) is 5.11 Å². The van der Waals surface area contributed by atoms with E-state index < -0.39 is 0 Å². The van der Waals surface area contributed by atoms with Gasteiger partial charge in [-0.3, -0.25) is 0 Å². The summed E-state index contributed by atoms with van der Waals surface area (Å²) in [6, 6.07) is 7.06. The fourth-order valence-corrected chi connectivity index (χ4v) is 1.08. The van der Waals surface area contributed by atoms with Crippen LogP contribution in [0.15, 0.2) is 36.9 Å². The van der Waals surface area contributed by atoms with Crippen molar-refractivity contribution >= 4 is 0 Å². The summed E-state index contributed by atoms with van der Waals surface area (Å²) in [6.45, 7) is 3.61. The maximum atomic E-state index is 9.42. The van der Waals surface area contributed by atoms with Crippen LogP contribution in [0.2, 0.25) is 0 Å². The van der Waals surface area contributed by atoms with E-state index in [0.717, 1.165) is 5.56 Å². The Bertz CT molecular complexity index is 268. The van der Waals surface area contributed by atoms with Crippen molar-refractivity contribution < 1.29 is 9.84 Å². The van der Waals surface area contributed by atoms with E-state index in [2.05, 4.69) is 6.58 Å². The molecule has 2 heteroatoms. The Kier molecular flexibility index (Phi) is 2.88. The molecular weight excluding hydrogens is 152 g/mol. The zero-order valence-electron chi connectivity index (χ0n) is 7.03. The molecule has 1 aromatic rings. The lowest BCUT2D eigenvalue weighted by atomic mass is 10.1. The van der Waals surface area contributed by atoms with Crippen LogP contribution in [0.5, 0.6) is 5.75 Å². The molecule has 2 nitrogen and oxygen atoms in total. The lowest BCUT2D eigenvalue weighted by Crippen LogP contribution is -1.96. The van der Waals surface area contributed by atoms with Gasteiger partial charge in [-0.25, -0.2) is 0 Å². The summed E-state index contributed by atoms with van der Waals surface area (Å²) >= 11 is 0. The predicted octanol–water partition coefficient (Wildman–Crippen LogP) is 2.27. The molecule has 12 heavy (non-hydrogen) atoms. The monoisotopic (exact) mass is 164 g/mol. The Hall–Kier alpha value is -1.28. The van der Waals surface area contributed by atoms with Crippen molar-refractivity contribution in [3.8, 4) is 5.75 Å². The molecule has 0 heterocycles. The van der Waals surface area contributed by atoms with Gasteiger partial charge in [0.15, 0.2) is 0 Å². The van der Waals surface area contributed by atoms with Crippen molar-refractivity contribution in [2.24, 2.45) is 0 Å². The molecule has 0 aliphatic rings. The first kappa shape index (κ1) is 8.81. The fourth-order valence-electron chi connectivity index (χ4n) is 1.08. The number of ether oxygens (including phenoxy) is 1. The van der Waals surface area contributed by atoms with Crippen molar-refractivity contribution in [2.45, 2.75) is 6.10 Å². The number of phenolic OH excluding ortho intramolecular Hbond substituents is 1. The number of hydrogen-bond donors (Lipinski definition) is 1. The van der Waals surface area contributed by atoms with Gasteiger partial charge in [-0.05, 0) is 6.07 Å². The van der Waals surface area contributed by atoms with Gasteiger partial charge >= 0.3 is 0 Å². The van der Waals surface area contributed by atoms with E-state index in [0.29, 0.717) is 0 Å². The third-order valence-corrected chi connectivity index (χ3v) is 1.71. The Morgan fingerprint density at radius 3 is 2.67 bits per heavy atom. The van der Waals surface area contributed by atoms with Crippen molar-refractivity contribution in [2.75, 3.05) is 7.11 Å². The van der Waals surface area contributed by atoms with Crippen LogP contribution >= 0.6 is 0 Å². The highest BCUT2D eigenvalue weighted by Gasteiger charge is 2.08. The molecule has 0 aromatic heterocycles. The summed E-state index contributed by atoms with van der Waals surface area (Å²) in [5.74, 6) is 0.240. The molecule has 0 amide bonds. The summed E-state index contributed by atoms with van der Waals surface area (Å²) in [7, 11) is 1.58. The molecule has 1 aromatic carbocycles. The third-order valence-electron chi connectivity index (χ3n) is 1.71. The molecule has 0 saturated heterocycles. The van der Waals surface area contributed by atoms with E-state index in [1.54, 1.807) is 25.3 Å². The van der Waals surface area contributed by atoms with Gasteiger partial charge in [-0.1, -0.05) is 24.3 Å². The summed E-state index contributed by atoms with van der Waals surface area (Å²) in [4.78, 5) is 0. The van der Waals surface area contributed by atoms with Crippen LogP contribution in [-0.4, -0.2) is 12.2 Å². The topological polar surface area (TPSA) is 29.5 Å². The Morgan fingerprint density at radius 1 is 1.50 bits per heavy atom. The molecular formula is C10H12O2. The van der Waals surface area contributed by atoms with E-state index in [1.165, 1.54) is 0 Å². The van der Waals surface area contributed by atoms with Crippen LogP contribution in [0.4, 0.5) is 0 Å². The van der Waals surface area contributed by atoms with Gasteiger partial charge in [0.1, 0.15) is 11.9 Å². The number of aromatic hydroxyl groups is 1. The maximum Gasteiger partial charge on any atom is 0.121 e. The molecule has 1 N–H and O–H groups in total. The summed E-state index contributed by atoms with van der Waals surface area (Å²) in [6.07, 6.45) is 1.42. The Morgan fingerprint density at radius 2 is 2.17 bits per heavy atom. The number of phenols is 1. The normalized spacial score (nSPS) is 12.4. The van der Waals surface area contributed by atoms with Crippen molar-refractivity contribution in [3.05, 3.63) is 42.5 Å². The number of benzene rings is 1. The SMILES string of the molecule is C=CC(OC)c1ccccc1O. The van der Waals surface area contributed by atoms with Gasteiger partial charge in [0.05, 0.1) is 0 Å². The minimum absolute atomic E-state index is 0.230. The van der Waals surface area contributed by atoms with Crippen LogP contribution in [0.25, 0.3) is 0 Å². The lowest BCUT2D eigenvalue weighted by Gasteiger charge is -2.11. The maximum absolute atomic E-state index is 9.42. The summed E-state index contributed by atoms with van der Waals surface area (Å²) in [5, 5.41) is 9.42. The first-order valence-electron chi connectivity index (χ1n) is 3.73. The van der Waals surface area contributed by atoms with E-state index in [1.807, 2.05) is 12.1 Å². The number of methoxy groups -OCH3 is 1. The third kappa shape index (κ3) is 1.66. The molecule has 1 unspecified atom stereocenters. The molecule has 1 atom stereocenters. The largest absolute Gasteiger partial charge is 0.508 e. The van der Waals surface area contributed by atoms with Gasteiger partial charge in [0.2, 0.25) is 0 Å². The highest BCUT2D eigenvalue weighted by Crippen LogP contribution is 2.26. The minimum Gasteiger partial charge on any atom is -0.508 e. The van der Waals surface area contributed by atoms with Gasteiger partial charge < -0.3 is 9.84 Å². The summed E-state index contributed by atoms with van der Waals surface area (Å²) < 4.78 is 5.09. The number of para-hydroxylation sites is 1. The molecule has 0 fully saturated rings. The molecule has 0 spiro atoms. The second kappa shape index (κ2) is 3.93. The molecule has 0 saturated carbocycles. The van der Waals surface area contributed by atoms with Crippen LogP contribution in [0.1, 0.15) is 11.7 Å². The summed E-state index contributed by atoms with van der Waals surface area (Å²) in [5.41, 5.74) is 0.745. The second-order valence-electron chi connectivity index (χ2n) is 2.45. The van der Waals surface area contributed by atoms with Crippen molar-refractivity contribution in [3.63, 3.8) is 0 Å². The molecule has 0 bridgehead atoms. The lowest BCUT2D eigenvalue weighted by molar-refractivity contribution is 0.140. The van der Waals surface area contributed by atoms with Crippen molar-refractivity contribution in [1.82, 2.24) is 0 Å². The molecule has 0 aliphatic heterocycles. The average molecular weight is 164 g/mol. The predicted molar refractivity (Wildman–Crippen MR) is 48.1 cm³/mol. The zero-order chi connectivity index (χ0) is 8.97. The van der Waals surface area contributed by atoms with Crippen molar-refractivity contribution in [1.29, 1.82) is 0 Å². The van der Waals surface area contributed by atoms with E-state index in [4.69, 9.17) is 4.74 Å². The van der Waals surface area contributed by atoms with Gasteiger partial charge in [0, 0.05) is 12.7 Å². The first-order chi connectivity index (χ1) is 5.79. The highest BCUT2D eigenvalue weighted by atomic mass is 16.5. The zero-order valence-corrected chi connectivity index (χ0v) is 7.03. The van der Waals surface area contributed by atoms with Crippen LogP contribution < -0.4 is 0 Å². The number of hydrogen-bond acceptors (Lipinski definition) is 2. The van der Waals surface area contributed by atoms with Gasteiger partial charge in [0.25, 0.3) is 0 Å². The Balaban J connectivity index is 3.00. The molecule has 1 rings (SSSR count). The van der Waals surface area contributed by atoms with Crippen LogP contribution in [0.3, 0.4) is 0 Å². The van der Waals surface area contributed by atoms with Gasteiger partial charge in [-0.2, -0.15) is 0 Å². The first-order valence-corrected chi connectivity index (χ1v) is 3.73. The fraction of sp³-hybridized carbons (Fsp3) is 0.200. The Labute approximate surface area is 72.1 Å². The number of rotatable bonds is 3. The molecule has 0 radical (unpaired) electrons. The standard InChI is InChI=1S/C10H12O2/c1-3-10(12-2)8-6-4-5-7-9(8)11/h3-7,10-11H,1H2,2H3. The van der Waals surface area contributed by atoms with Crippen LogP contribution in [-0.2, 0) is 4.74 Å². The average Bonchev–Trinajstić information content (AvgIpc) is 2.10. The van der Waals surface area contributed by atoms with Crippen LogP contribution in [0, 0.1) is 0 Å². The molecule has 64 valence electrons. The minimum atomic E-state index is -0.230.